The van der Waals surface area contributed by atoms with Gasteiger partial charge in [-0.1, -0.05) is 12.1 Å². The number of halogens is 3. The third-order valence-electron chi connectivity index (χ3n) is 5.21. The first-order valence-corrected chi connectivity index (χ1v) is 12.6. The van der Waals surface area contributed by atoms with Gasteiger partial charge in [0.05, 0.1) is 24.6 Å². The molecule has 0 spiro atoms. The number of anilines is 1. The second kappa shape index (κ2) is 10.9. The number of carbonyl (C=O) groups excluding carboxylic acids is 1. The Morgan fingerprint density at radius 2 is 1.69 bits per heavy atom. The van der Waals surface area contributed by atoms with E-state index in [0.29, 0.717) is 28.0 Å². The first-order chi connectivity index (χ1) is 16.9. The van der Waals surface area contributed by atoms with Crippen molar-refractivity contribution < 1.29 is 35.9 Å². The molecule has 7 nitrogen and oxygen atoms in total. The Labute approximate surface area is 207 Å². The number of aryl methyl sites for hydroxylation is 1. The van der Waals surface area contributed by atoms with E-state index >= 15 is 0 Å². The lowest BCUT2D eigenvalue weighted by atomic mass is 10.1. The predicted octanol–water partition coefficient (Wildman–Crippen LogP) is 4.90. The van der Waals surface area contributed by atoms with Gasteiger partial charge in [0.1, 0.15) is 18.1 Å². The molecule has 0 aliphatic rings. The van der Waals surface area contributed by atoms with Gasteiger partial charge < -0.3 is 14.8 Å². The summed E-state index contributed by atoms with van der Waals surface area (Å²) >= 11 is 0. The molecule has 0 fully saturated rings. The van der Waals surface area contributed by atoms with Gasteiger partial charge in [-0.15, -0.1) is 0 Å². The maximum Gasteiger partial charge on any atom is 0.416 e. The summed E-state index contributed by atoms with van der Waals surface area (Å²) in [5.74, 6) is 0.379. The molecule has 0 aliphatic heterocycles. The fourth-order valence-corrected chi connectivity index (χ4v) is 3.83. The van der Waals surface area contributed by atoms with Gasteiger partial charge >= 0.3 is 6.18 Å². The Balaban J connectivity index is 1.80. The molecule has 0 saturated heterocycles. The zero-order chi connectivity index (χ0) is 26.5. The van der Waals surface area contributed by atoms with Crippen LogP contribution in [0.15, 0.2) is 60.7 Å². The number of ether oxygens (including phenoxy) is 2. The third-order valence-corrected chi connectivity index (χ3v) is 5.80. The highest BCUT2D eigenvalue weighted by Crippen LogP contribution is 2.32. The average Bonchev–Trinajstić information content (AvgIpc) is 2.81. The van der Waals surface area contributed by atoms with Gasteiger partial charge in [-0.25, -0.2) is 8.42 Å². The van der Waals surface area contributed by atoms with E-state index in [9.17, 15) is 26.4 Å². The number of rotatable bonds is 9. The largest absolute Gasteiger partial charge is 0.497 e. The molecule has 0 aliphatic carbocycles. The van der Waals surface area contributed by atoms with Gasteiger partial charge in [-0.2, -0.15) is 13.2 Å². The van der Waals surface area contributed by atoms with Crippen molar-refractivity contribution in [3.8, 4) is 11.5 Å². The number of hydrogen-bond acceptors (Lipinski definition) is 5. The Morgan fingerprint density at radius 3 is 2.31 bits per heavy atom. The van der Waals surface area contributed by atoms with Crippen molar-refractivity contribution in [3.63, 3.8) is 0 Å². The van der Waals surface area contributed by atoms with Gasteiger partial charge in [0.2, 0.25) is 10.0 Å². The highest BCUT2D eigenvalue weighted by atomic mass is 32.2. The quantitative estimate of drug-likeness (QED) is 0.417. The molecule has 192 valence electrons. The first kappa shape index (κ1) is 26.9. The average molecular weight is 523 g/mol. The van der Waals surface area contributed by atoms with Gasteiger partial charge in [0.15, 0.2) is 0 Å². The number of amides is 1. The minimum absolute atomic E-state index is 0.100. The van der Waals surface area contributed by atoms with Crippen molar-refractivity contribution in [2.75, 3.05) is 18.1 Å². The van der Waals surface area contributed by atoms with Crippen LogP contribution in [0.2, 0.25) is 0 Å². The molecule has 0 bridgehead atoms. The summed E-state index contributed by atoms with van der Waals surface area (Å²) in [4.78, 5) is 12.5. The minimum atomic E-state index is -4.51. The standard InChI is InChI=1S/C25H25F3N2O5S/c1-16-4-8-20(25(26,27)28)13-19(16)15-35-23-12-17(5-11-22(23)30-36(3,32)33)14-29-24(31)18-6-9-21(34-2)10-7-18/h4-13,30H,14-15H2,1-3H3,(H,29,31). The molecule has 11 heteroatoms. The summed E-state index contributed by atoms with van der Waals surface area (Å²) in [7, 11) is -2.14. The molecule has 0 atom stereocenters. The molecule has 3 aromatic carbocycles. The van der Waals surface area contributed by atoms with E-state index in [1.807, 2.05) is 0 Å². The van der Waals surface area contributed by atoms with Crippen LogP contribution < -0.4 is 19.5 Å². The second-order valence-electron chi connectivity index (χ2n) is 8.04. The van der Waals surface area contributed by atoms with E-state index in [1.54, 1.807) is 37.3 Å². The first-order valence-electron chi connectivity index (χ1n) is 10.7. The molecule has 0 aromatic heterocycles. The van der Waals surface area contributed by atoms with Crippen LogP contribution >= 0.6 is 0 Å². The summed E-state index contributed by atoms with van der Waals surface area (Å²) in [5.41, 5.74) is 1.20. The molecule has 3 aromatic rings. The Hall–Kier alpha value is -3.73. The molecule has 36 heavy (non-hydrogen) atoms. The number of sulfonamides is 1. The van der Waals surface area contributed by atoms with Gasteiger partial charge in [-0.3, -0.25) is 9.52 Å². The van der Waals surface area contributed by atoms with Gasteiger partial charge in [0.25, 0.3) is 5.91 Å². The molecular weight excluding hydrogens is 497 g/mol. The highest BCUT2D eigenvalue weighted by Gasteiger charge is 2.30. The second-order valence-corrected chi connectivity index (χ2v) is 9.79. The van der Waals surface area contributed by atoms with Crippen molar-refractivity contribution in [2.24, 2.45) is 0 Å². The Kier molecular flexibility index (Phi) is 8.13. The zero-order valence-electron chi connectivity index (χ0n) is 19.8. The number of carbonyl (C=O) groups is 1. The van der Waals surface area contributed by atoms with Crippen molar-refractivity contribution in [1.82, 2.24) is 5.32 Å². The van der Waals surface area contributed by atoms with Crippen molar-refractivity contribution in [3.05, 3.63) is 88.5 Å². The topological polar surface area (TPSA) is 93.7 Å². The fourth-order valence-electron chi connectivity index (χ4n) is 3.27. The maximum absolute atomic E-state index is 13.1. The lowest BCUT2D eigenvalue weighted by molar-refractivity contribution is -0.137. The molecule has 0 saturated carbocycles. The Morgan fingerprint density at radius 1 is 1.00 bits per heavy atom. The van der Waals surface area contributed by atoms with Crippen LogP contribution in [-0.2, 0) is 29.4 Å². The van der Waals surface area contributed by atoms with Gasteiger partial charge in [0, 0.05) is 12.1 Å². The normalized spacial score (nSPS) is 11.6. The zero-order valence-corrected chi connectivity index (χ0v) is 20.6. The smallest absolute Gasteiger partial charge is 0.416 e. The van der Waals surface area contributed by atoms with E-state index < -0.39 is 21.8 Å². The van der Waals surface area contributed by atoms with Crippen LogP contribution in [0, 0.1) is 6.92 Å². The summed E-state index contributed by atoms with van der Waals surface area (Å²) in [6.07, 6.45) is -3.54. The molecule has 2 N–H and O–H groups in total. The van der Waals surface area contributed by atoms with Crippen LogP contribution in [0.25, 0.3) is 0 Å². The number of methoxy groups -OCH3 is 1. The number of nitrogens with one attached hydrogen (secondary N) is 2. The number of benzene rings is 3. The van der Waals surface area contributed by atoms with E-state index in [1.165, 1.54) is 25.3 Å². The van der Waals surface area contributed by atoms with Crippen LogP contribution in [-0.4, -0.2) is 27.7 Å². The molecule has 0 unspecified atom stereocenters. The lowest BCUT2D eigenvalue weighted by Gasteiger charge is -2.16. The van der Waals surface area contributed by atoms with Crippen molar-refractivity contribution in [2.45, 2.75) is 26.3 Å². The van der Waals surface area contributed by atoms with Crippen LogP contribution in [0.5, 0.6) is 11.5 Å². The van der Waals surface area contributed by atoms with E-state index in [-0.39, 0.29) is 30.5 Å². The summed E-state index contributed by atoms with van der Waals surface area (Å²) in [6, 6.07) is 14.4. The lowest BCUT2D eigenvalue weighted by Crippen LogP contribution is -2.22. The molecule has 3 rings (SSSR count). The highest BCUT2D eigenvalue weighted by molar-refractivity contribution is 7.92. The van der Waals surface area contributed by atoms with Crippen molar-refractivity contribution in [1.29, 1.82) is 0 Å². The monoisotopic (exact) mass is 522 g/mol. The number of alkyl halides is 3. The summed E-state index contributed by atoms with van der Waals surface area (Å²) < 4.78 is 76.1. The van der Waals surface area contributed by atoms with Crippen molar-refractivity contribution >= 4 is 21.6 Å². The summed E-state index contributed by atoms with van der Waals surface area (Å²) in [5, 5.41) is 2.76. The SMILES string of the molecule is COc1ccc(C(=O)NCc2ccc(NS(C)(=O)=O)c(OCc3cc(C(F)(F)F)ccc3C)c2)cc1. The third kappa shape index (κ3) is 7.38. The van der Waals surface area contributed by atoms with Crippen LogP contribution in [0.3, 0.4) is 0 Å². The van der Waals surface area contributed by atoms with E-state index in [4.69, 9.17) is 9.47 Å². The summed E-state index contributed by atoms with van der Waals surface area (Å²) in [6.45, 7) is 1.53. The predicted molar refractivity (Wildman–Crippen MR) is 130 cm³/mol. The minimum Gasteiger partial charge on any atom is -0.497 e. The Bertz CT molecular complexity index is 1340. The molecule has 1 amide bonds. The fraction of sp³-hybridized carbons (Fsp3) is 0.240. The van der Waals surface area contributed by atoms with E-state index in [2.05, 4.69) is 10.0 Å². The van der Waals surface area contributed by atoms with Gasteiger partial charge in [-0.05, 0) is 72.1 Å². The van der Waals surface area contributed by atoms with Crippen LogP contribution in [0.1, 0.15) is 32.6 Å². The number of hydrogen-bond donors (Lipinski definition) is 2. The molecular formula is C25H25F3N2O5S. The molecule has 0 heterocycles. The maximum atomic E-state index is 13.1. The molecule has 0 radical (unpaired) electrons. The van der Waals surface area contributed by atoms with E-state index in [0.717, 1.165) is 18.4 Å². The van der Waals surface area contributed by atoms with Crippen LogP contribution in [0.4, 0.5) is 18.9 Å².